The fraction of sp³-hybridized carbons (Fsp3) is 1.00. The van der Waals surface area contributed by atoms with Crippen LogP contribution in [0.3, 0.4) is 0 Å². The van der Waals surface area contributed by atoms with Gasteiger partial charge in [0, 0.05) is 6.04 Å². The second kappa shape index (κ2) is 2.25. The third-order valence-electron chi connectivity index (χ3n) is 5.14. The molecule has 70 valence electrons. The van der Waals surface area contributed by atoms with Crippen molar-refractivity contribution >= 4 is 0 Å². The quantitative estimate of drug-likeness (QED) is 0.632. The summed E-state index contributed by atoms with van der Waals surface area (Å²) in [5.74, 6) is 0.972. The molecule has 3 atom stereocenters. The van der Waals surface area contributed by atoms with Gasteiger partial charge in [-0.15, -0.1) is 0 Å². The molecule has 2 fully saturated rings. The first-order chi connectivity index (χ1) is 5.52. The molecular weight excluding hydrogens is 146 g/mol. The largest absolute Gasteiger partial charge is 0.316 e. The van der Waals surface area contributed by atoms with Crippen LogP contribution in [0, 0.1) is 16.7 Å². The molecule has 0 radical (unpaired) electrons. The van der Waals surface area contributed by atoms with Gasteiger partial charge in [-0.25, -0.2) is 0 Å². The molecule has 12 heavy (non-hydrogen) atoms. The van der Waals surface area contributed by atoms with E-state index in [-0.39, 0.29) is 0 Å². The highest BCUT2D eigenvalue weighted by molar-refractivity contribution is 5.12. The van der Waals surface area contributed by atoms with Crippen molar-refractivity contribution < 1.29 is 0 Å². The fourth-order valence-electron chi connectivity index (χ4n) is 3.64. The van der Waals surface area contributed by atoms with Crippen LogP contribution in [0.4, 0.5) is 0 Å². The molecule has 0 aromatic rings. The molecule has 0 aromatic heterocycles. The van der Waals surface area contributed by atoms with E-state index in [9.17, 15) is 0 Å². The van der Waals surface area contributed by atoms with Crippen LogP contribution in [0.1, 0.15) is 40.0 Å². The number of hydrogen-bond acceptors (Lipinski definition) is 1. The van der Waals surface area contributed by atoms with Crippen molar-refractivity contribution in [3.63, 3.8) is 0 Å². The van der Waals surface area contributed by atoms with Crippen LogP contribution in [0.25, 0.3) is 0 Å². The van der Waals surface area contributed by atoms with Crippen molar-refractivity contribution in [2.45, 2.75) is 46.1 Å². The first-order valence-corrected chi connectivity index (χ1v) is 5.19. The lowest BCUT2D eigenvalue weighted by molar-refractivity contribution is 0.125. The molecule has 2 bridgehead atoms. The van der Waals surface area contributed by atoms with Crippen molar-refractivity contribution in [3.05, 3.63) is 0 Å². The van der Waals surface area contributed by atoms with E-state index in [1.807, 2.05) is 0 Å². The minimum Gasteiger partial charge on any atom is -0.316 e. The summed E-state index contributed by atoms with van der Waals surface area (Å²) in [6.45, 7) is 7.39. The maximum absolute atomic E-state index is 3.49. The van der Waals surface area contributed by atoms with Gasteiger partial charge in [-0.3, -0.25) is 0 Å². The van der Waals surface area contributed by atoms with Crippen LogP contribution in [0.5, 0.6) is 0 Å². The van der Waals surface area contributed by atoms with Gasteiger partial charge in [0.25, 0.3) is 0 Å². The smallest absolute Gasteiger partial charge is 0.0126 e. The predicted molar refractivity (Wildman–Crippen MR) is 52.1 cm³/mol. The first kappa shape index (κ1) is 8.55. The number of nitrogens with one attached hydrogen (secondary N) is 1. The average Bonchev–Trinajstić information content (AvgIpc) is 2.34. The number of rotatable bonds is 1. The normalized spacial score (nSPS) is 50.0. The fourth-order valence-corrected chi connectivity index (χ4v) is 3.64. The number of hydrogen-bond donors (Lipinski definition) is 1. The lowest BCUT2D eigenvalue weighted by atomic mass is 9.69. The minimum absolute atomic E-state index is 0.562. The Kier molecular flexibility index (Phi) is 1.61. The molecule has 1 heteroatoms. The highest BCUT2D eigenvalue weighted by Crippen LogP contribution is 2.65. The van der Waals surface area contributed by atoms with Gasteiger partial charge in [-0.1, -0.05) is 20.8 Å². The number of fused-ring (bicyclic) bond motifs is 2. The lowest BCUT2D eigenvalue weighted by Crippen LogP contribution is -2.42. The highest BCUT2D eigenvalue weighted by atomic mass is 14.9. The van der Waals surface area contributed by atoms with Crippen molar-refractivity contribution in [1.29, 1.82) is 0 Å². The summed E-state index contributed by atoms with van der Waals surface area (Å²) in [5, 5.41) is 3.49. The average molecular weight is 167 g/mol. The van der Waals surface area contributed by atoms with E-state index in [1.54, 1.807) is 0 Å². The van der Waals surface area contributed by atoms with Gasteiger partial charge in [0.1, 0.15) is 0 Å². The van der Waals surface area contributed by atoms with Gasteiger partial charge < -0.3 is 5.32 Å². The molecular formula is C11H21N. The summed E-state index contributed by atoms with van der Waals surface area (Å²) in [6, 6.07) is 0.770. The van der Waals surface area contributed by atoms with Crippen molar-refractivity contribution in [2.75, 3.05) is 7.05 Å². The molecule has 2 rings (SSSR count). The Bertz CT molecular complexity index is 197. The SMILES string of the molecule is CN[C@@H]1C[C@H]2CC[C@]1(C)C2(C)C. The molecule has 0 saturated heterocycles. The summed E-state index contributed by atoms with van der Waals surface area (Å²) in [4.78, 5) is 0. The maximum atomic E-state index is 3.49. The van der Waals surface area contributed by atoms with E-state index >= 15 is 0 Å². The van der Waals surface area contributed by atoms with Gasteiger partial charge in [0.05, 0.1) is 0 Å². The van der Waals surface area contributed by atoms with E-state index in [0.29, 0.717) is 10.8 Å². The van der Waals surface area contributed by atoms with Crippen molar-refractivity contribution in [2.24, 2.45) is 16.7 Å². The first-order valence-electron chi connectivity index (χ1n) is 5.19. The van der Waals surface area contributed by atoms with Crippen molar-refractivity contribution in [3.8, 4) is 0 Å². The molecule has 0 amide bonds. The van der Waals surface area contributed by atoms with Crippen LogP contribution in [-0.2, 0) is 0 Å². The molecule has 0 aromatic carbocycles. The molecule has 0 heterocycles. The molecule has 1 N–H and O–H groups in total. The molecule has 1 nitrogen and oxygen atoms in total. The van der Waals surface area contributed by atoms with E-state index in [4.69, 9.17) is 0 Å². The summed E-state index contributed by atoms with van der Waals surface area (Å²) < 4.78 is 0. The predicted octanol–water partition coefficient (Wildman–Crippen LogP) is 2.42. The standard InChI is InChI=1S/C11H21N/c1-10(2)8-5-6-11(10,3)9(7-8)12-4/h8-9,12H,5-7H2,1-4H3/t8-,9-,11+/m1/s1. The molecule has 0 unspecified atom stereocenters. The molecule has 2 saturated carbocycles. The molecule has 2 aliphatic carbocycles. The zero-order valence-corrected chi connectivity index (χ0v) is 8.78. The summed E-state index contributed by atoms with van der Waals surface area (Å²) in [6.07, 6.45) is 4.29. The zero-order chi connectivity index (χ0) is 8.98. The molecule has 0 aliphatic heterocycles. The van der Waals surface area contributed by atoms with Gasteiger partial charge in [-0.2, -0.15) is 0 Å². The highest BCUT2D eigenvalue weighted by Gasteiger charge is 2.60. The van der Waals surface area contributed by atoms with Crippen LogP contribution < -0.4 is 5.32 Å². The summed E-state index contributed by atoms with van der Waals surface area (Å²) >= 11 is 0. The van der Waals surface area contributed by atoms with Crippen LogP contribution in [0.15, 0.2) is 0 Å². The zero-order valence-electron chi connectivity index (χ0n) is 8.78. The lowest BCUT2D eigenvalue weighted by Gasteiger charge is -2.39. The molecule has 0 spiro atoms. The minimum atomic E-state index is 0.562. The van der Waals surface area contributed by atoms with E-state index in [0.717, 1.165) is 12.0 Å². The van der Waals surface area contributed by atoms with E-state index < -0.39 is 0 Å². The third kappa shape index (κ3) is 0.736. The van der Waals surface area contributed by atoms with Gasteiger partial charge in [0.2, 0.25) is 0 Å². The van der Waals surface area contributed by atoms with E-state index in [2.05, 4.69) is 33.1 Å². The monoisotopic (exact) mass is 167 g/mol. The van der Waals surface area contributed by atoms with Gasteiger partial charge in [0.15, 0.2) is 0 Å². The Morgan fingerprint density at radius 2 is 1.92 bits per heavy atom. The maximum Gasteiger partial charge on any atom is 0.0126 e. The summed E-state index contributed by atoms with van der Waals surface area (Å²) in [7, 11) is 2.12. The van der Waals surface area contributed by atoms with Crippen LogP contribution in [0.2, 0.25) is 0 Å². The second-order valence-electron chi connectivity index (χ2n) is 5.45. The Balaban J connectivity index is 2.33. The van der Waals surface area contributed by atoms with E-state index in [1.165, 1.54) is 19.3 Å². The van der Waals surface area contributed by atoms with Gasteiger partial charge in [-0.05, 0) is 43.1 Å². The Morgan fingerprint density at radius 1 is 1.25 bits per heavy atom. The summed E-state index contributed by atoms with van der Waals surface area (Å²) in [5.41, 5.74) is 1.13. The second-order valence-corrected chi connectivity index (χ2v) is 5.45. The third-order valence-corrected chi connectivity index (χ3v) is 5.14. The Labute approximate surface area is 75.9 Å². The van der Waals surface area contributed by atoms with Gasteiger partial charge >= 0.3 is 0 Å². The molecule has 2 aliphatic rings. The van der Waals surface area contributed by atoms with Crippen LogP contribution in [-0.4, -0.2) is 13.1 Å². The Hall–Kier alpha value is -0.0400. The topological polar surface area (TPSA) is 12.0 Å². The van der Waals surface area contributed by atoms with Crippen LogP contribution >= 0.6 is 0 Å². The Morgan fingerprint density at radius 3 is 2.17 bits per heavy atom. The van der Waals surface area contributed by atoms with Crippen molar-refractivity contribution in [1.82, 2.24) is 5.32 Å².